The standard InChI is InChI=1S/C12H13IN5O9P/c13-12-16-7(14)4-8(17-12)18(2-15-4)9-6(20)5(19)3(26-9)1-25-11(10(21)22)27-28(23)24/h2-3,5-6,9,11,19-20H,1H2,(H3-,14,16,17,21,22,23,24)/p+1/t3-,5-,6-,9-,11-/m1/s1. The first-order chi connectivity index (χ1) is 13.2. The van der Waals surface area contributed by atoms with Gasteiger partial charge in [0.1, 0.15) is 23.8 Å². The van der Waals surface area contributed by atoms with E-state index < -0.39 is 51.7 Å². The molecule has 2 aromatic rings. The molecule has 1 aliphatic rings. The molecule has 0 radical (unpaired) electrons. The number of nitrogen functional groups attached to an aromatic ring is 1. The van der Waals surface area contributed by atoms with Crippen LogP contribution >= 0.6 is 30.8 Å². The molecule has 152 valence electrons. The molecule has 0 aliphatic carbocycles. The van der Waals surface area contributed by atoms with Crippen molar-refractivity contribution in [1.29, 1.82) is 0 Å². The van der Waals surface area contributed by atoms with Gasteiger partial charge in [-0.2, -0.15) is 0 Å². The van der Waals surface area contributed by atoms with Gasteiger partial charge in [-0.3, -0.25) is 4.57 Å². The number of hydrogen-bond acceptors (Lipinski definition) is 11. The van der Waals surface area contributed by atoms with E-state index in [0.717, 1.165) is 0 Å². The molecule has 3 heterocycles. The molecule has 2 aromatic heterocycles. The number of carboxylic acid groups (broad SMARTS) is 1. The van der Waals surface area contributed by atoms with Gasteiger partial charge < -0.3 is 30.5 Å². The molecule has 3 rings (SSSR count). The maximum Gasteiger partial charge on any atom is 0.698 e. The van der Waals surface area contributed by atoms with Gasteiger partial charge in [-0.1, -0.05) is 4.52 Å². The van der Waals surface area contributed by atoms with Gasteiger partial charge in [0.05, 0.1) is 12.9 Å². The van der Waals surface area contributed by atoms with Crippen LogP contribution in [0.2, 0.25) is 0 Å². The summed E-state index contributed by atoms with van der Waals surface area (Å²) in [6.45, 7) is -0.545. The van der Waals surface area contributed by atoms with Crippen molar-refractivity contribution in [3.8, 4) is 0 Å². The minimum atomic E-state index is -3.23. The van der Waals surface area contributed by atoms with Gasteiger partial charge in [0, 0.05) is 27.2 Å². The highest BCUT2D eigenvalue weighted by Crippen LogP contribution is 2.32. The number of hydrogen-bond donors (Lipinski definition) is 5. The first-order valence-electron chi connectivity index (χ1n) is 7.53. The SMILES string of the molecule is Nc1nc(I)nc2c1ncn2[C@@H]1O[C@H](CO[C@H](O[P+](=O)O)C(=O)O)[C@@H](O)[C@H]1O. The van der Waals surface area contributed by atoms with E-state index in [4.69, 9.17) is 25.2 Å². The molecule has 0 amide bonds. The molecule has 0 saturated carbocycles. The fourth-order valence-corrected chi connectivity index (χ4v) is 3.41. The number of rotatable bonds is 7. The third kappa shape index (κ3) is 4.20. The van der Waals surface area contributed by atoms with E-state index in [1.807, 2.05) is 22.6 Å². The smallest absolute Gasteiger partial charge is 0.477 e. The zero-order valence-electron chi connectivity index (χ0n) is 13.7. The van der Waals surface area contributed by atoms with E-state index in [1.165, 1.54) is 10.9 Å². The number of aromatic nitrogens is 4. The summed E-state index contributed by atoms with van der Waals surface area (Å²) in [5.41, 5.74) is 6.33. The lowest BCUT2D eigenvalue weighted by Gasteiger charge is -2.16. The van der Waals surface area contributed by atoms with Crippen molar-refractivity contribution in [2.24, 2.45) is 0 Å². The Morgan fingerprint density at radius 2 is 2.14 bits per heavy atom. The number of halogens is 1. The van der Waals surface area contributed by atoms with Crippen LogP contribution in [0.1, 0.15) is 6.23 Å². The largest absolute Gasteiger partial charge is 0.698 e. The van der Waals surface area contributed by atoms with Crippen molar-refractivity contribution in [3.63, 3.8) is 0 Å². The number of carboxylic acids is 1. The van der Waals surface area contributed by atoms with Crippen LogP contribution < -0.4 is 5.73 Å². The number of ether oxygens (including phenoxy) is 2. The Labute approximate surface area is 170 Å². The number of aliphatic hydroxyl groups excluding tert-OH is 2. The van der Waals surface area contributed by atoms with Gasteiger partial charge in [0.2, 0.25) is 0 Å². The zero-order chi connectivity index (χ0) is 20.6. The number of aliphatic carboxylic acids is 1. The van der Waals surface area contributed by atoms with Gasteiger partial charge in [-0.05, 0) is 0 Å². The maximum atomic E-state index is 11.0. The van der Waals surface area contributed by atoms with E-state index >= 15 is 0 Å². The molecule has 1 unspecified atom stereocenters. The van der Waals surface area contributed by atoms with E-state index in [9.17, 15) is 19.6 Å². The molecule has 1 aliphatic heterocycles. The lowest BCUT2D eigenvalue weighted by Crippen LogP contribution is -2.36. The lowest BCUT2D eigenvalue weighted by atomic mass is 10.1. The van der Waals surface area contributed by atoms with Gasteiger partial charge >= 0.3 is 20.5 Å². The monoisotopic (exact) mass is 530 g/mol. The molecule has 14 nitrogen and oxygen atoms in total. The van der Waals surface area contributed by atoms with Crippen LogP contribution in [-0.4, -0.2) is 76.9 Å². The van der Waals surface area contributed by atoms with Crippen LogP contribution in [-0.2, 0) is 23.4 Å². The second-order valence-corrected chi connectivity index (χ2v) is 7.25. The third-order valence-electron chi connectivity index (χ3n) is 3.83. The Balaban J connectivity index is 1.77. The van der Waals surface area contributed by atoms with E-state index in [0.29, 0.717) is 3.83 Å². The Morgan fingerprint density at radius 3 is 2.79 bits per heavy atom. The molecule has 1 saturated heterocycles. The lowest BCUT2D eigenvalue weighted by molar-refractivity contribution is -0.179. The summed E-state index contributed by atoms with van der Waals surface area (Å²) in [6, 6.07) is 0. The second-order valence-electron chi connectivity index (χ2n) is 5.59. The van der Waals surface area contributed by atoms with Crippen LogP contribution in [0.5, 0.6) is 0 Å². The maximum absolute atomic E-state index is 11.0. The molecule has 6 atom stereocenters. The summed E-state index contributed by atoms with van der Waals surface area (Å²) in [4.78, 5) is 31.9. The third-order valence-corrected chi connectivity index (χ3v) is 4.69. The van der Waals surface area contributed by atoms with Crippen molar-refractivity contribution in [2.75, 3.05) is 12.3 Å². The number of carbonyl (C=O) groups is 1. The number of anilines is 1. The van der Waals surface area contributed by atoms with E-state index in [2.05, 4.69) is 19.5 Å². The topological polar surface area (TPSA) is 212 Å². The summed E-state index contributed by atoms with van der Waals surface area (Å²) in [6.07, 6.45) is -5.94. The molecule has 16 heteroatoms. The van der Waals surface area contributed by atoms with Gasteiger partial charge in [0.25, 0.3) is 0 Å². The summed E-state index contributed by atoms with van der Waals surface area (Å²) in [7, 11) is -3.23. The minimum absolute atomic E-state index is 0.126. The fraction of sp³-hybridized carbons (Fsp3) is 0.500. The molecular formula is C12H14IN5O9P+. The first kappa shape index (κ1) is 21.1. The van der Waals surface area contributed by atoms with Crippen molar-refractivity contribution in [2.45, 2.75) is 30.8 Å². The van der Waals surface area contributed by atoms with Crippen molar-refractivity contribution in [3.05, 3.63) is 10.2 Å². The molecule has 1 fully saturated rings. The van der Waals surface area contributed by atoms with Crippen LogP contribution in [0.15, 0.2) is 6.33 Å². The molecule has 0 spiro atoms. The number of fused-ring (bicyclic) bond motifs is 1. The molecule has 0 bridgehead atoms. The molecule has 0 aromatic carbocycles. The summed E-state index contributed by atoms with van der Waals surface area (Å²) in [5.74, 6) is -1.52. The second kappa shape index (κ2) is 8.42. The van der Waals surface area contributed by atoms with Crippen LogP contribution in [0, 0.1) is 3.83 Å². The Kier molecular flexibility index (Phi) is 6.35. The number of nitrogens with zero attached hydrogens (tertiary/aromatic N) is 4. The quantitative estimate of drug-likeness (QED) is 0.122. The summed E-state index contributed by atoms with van der Waals surface area (Å²) >= 11 is 1.85. The van der Waals surface area contributed by atoms with Crippen LogP contribution in [0.4, 0.5) is 5.82 Å². The highest BCUT2D eigenvalue weighted by Gasteiger charge is 2.45. The number of nitrogens with two attached hydrogens (primary N) is 1. The van der Waals surface area contributed by atoms with Crippen molar-refractivity contribution >= 4 is 53.8 Å². The van der Waals surface area contributed by atoms with Gasteiger partial charge in [0.15, 0.2) is 21.5 Å². The summed E-state index contributed by atoms with van der Waals surface area (Å²) < 4.78 is 27.0. The van der Waals surface area contributed by atoms with Crippen molar-refractivity contribution in [1.82, 2.24) is 19.5 Å². The highest BCUT2D eigenvalue weighted by atomic mass is 127. The minimum Gasteiger partial charge on any atom is -0.477 e. The molecule has 6 N–H and O–H groups in total. The average Bonchev–Trinajstić information content (AvgIpc) is 3.14. The Bertz CT molecular complexity index is 913. The van der Waals surface area contributed by atoms with Crippen LogP contribution in [0.3, 0.4) is 0 Å². The first-order valence-corrected chi connectivity index (χ1v) is 9.74. The van der Waals surface area contributed by atoms with E-state index in [1.54, 1.807) is 0 Å². The summed E-state index contributed by atoms with van der Waals surface area (Å²) in [5, 5.41) is 29.4. The van der Waals surface area contributed by atoms with Crippen molar-refractivity contribution < 1.29 is 43.6 Å². The Morgan fingerprint density at radius 1 is 1.43 bits per heavy atom. The van der Waals surface area contributed by atoms with Gasteiger partial charge in [-0.25, -0.2) is 19.7 Å². The number of aliphatic hydroxyl groups is 2. The average molecular weight is 530 g/mol. The highest BCUT2D eigenvalue weighted by molar-refractivity contribution is 14.1. The molecule has 28 heavy (non-hydrogen) atoms. The fourth-order valence-electron chi connectivity index (χ4n) is 2.60. The van der Waals surface area contributed by atoms with Gasteiger partial charge in [-0.15, -0.1) is 4.89 Å². The molecular weight excluding hydrogens is 516 g/mol. The van der Waals surface area contributed by atoms with E-state index in [-0.39, 0.29) is 17.0 Å². The van der Waals surface area contributed by atoms with Crippen LogP contribution in [0.25, 0.3) is 11.2 Å². The zero-order valence-corrected chi connectivity index (χ0v) is 16.7. The normalized spacial score (nSPS) is 26.5. The predicted molar refractivity (Wildman–Crippen MR) is 96.7 cm³/mol. The Hall–Kier alpha value is -1.59. The number of imidazole rings is 1. The predicted octanol–water partition coefficient (Wildman–Crippen LogP) is -1.27.